The molecule has 3 aromatic rings. The van der Waals surface area contributed by atoms with Crippen LogP contribution in [0.2, 0.25) is 5.02 Å². The number of rotatable bonds is 5. The Morgan fingerprint density at radius 1 is 1.20 bits per heavy atom. The number of aldehydes is 1. The molecule has 35 heavy (non-hydrogen) atoms. The Morgan fingerprint density at radius 2 is 1.94 bits per heavy atom. The molecule has 11 heteroatoms. The molecule has 182 valence electrons. The van der Waals surface area contributed by atoms with Crippen molar-refractivity contribution in [1.29, 1.82) is 0 Å². The monoisotopic (exact) mass is 503 g/mol. The number of alkyl halides is 3. The Balaban J connectivity index is 1.80. The van der Waals surface area contributed by atoms with E-state index in [1.807, 2.05) is 0 Å². The summed E-state index contributed by atoms with van der Waals surface area (Å²) in [6, 6.07) is 8.17. The Kier molecular flexibility index (Phi) is 6.52. The number of hydrogen-bond donors (Lipinski definition) is 1. The van der Waals surface area contributed by atoms with Crippen LogP contribution in [0.15, 0.2) is 55.4 Å². The van der Waals surface area contributed by atoms with Gasteiger partial charge in [0.15, 0.2) is 0 Å². The molecule has 7 nitrogen and oxygen atoms in total. The molecule has 4 rings (SSSR count). The van der Waals surface area contributed by atoms with E-state index in [0.717, 1.165) is 12.1 Å². The minimum absolute atomic E-state index is 0.0632. The third-order valence-corrected chi connectivity index (χ3v) is 6.45. The van der Waals surface area contributed by atoms with Crippen molar-refractivity contribution in [2.75, 3.05) is 31.1 Å². The summed E-state index contributed by atoms with van der Waals surface area (Å²) in [7, 11) is 0. The van der Waals surface area contributed by atoms with Crippen molar-refractivity contribution in [2.45, 2.75) is 11.7 Å². The Hall–Kier alpha value is -3.50. The molecule has 0 radical (unpaired) electrons. The highest BCUT2D eigenvalue weighted by molar-refractivity contribution is 6.34. The number of hydrogen-bond acceptors (Lipinski definition) is 6. The number of piperazine rings is 1. The molecule has 0 saturated carbocycles. The van der Waals surface area contributed by atoms with E-state index in [-0.39, 0.29) is 35.8 Å². The summed E-state index contributed by atoms with van der Waals surface area (Å²) in [5.41, 5.74) is 4.30. The van der Waals surface area contributed by atoms with Gasteiger partial charge in [0.25, 0.3) is 0 Å². The van der Waals surface area contributed by atoms with E-state index in [2.05, 4.69) is 16.5 Å². The van der Waals surface area contributed by atoms with Gasteiger partial charge in [0.2, 0.25) is 5.91 Å². The number of nitrogens with two attached hydrogens (primary N) is 1. The van der Waals surface area contributed by atoms with Crippen LogP contribution in [0.1, 0.15) is 5.56 Å². The van der Waals surface area contributed by atoms with Crippen molar-refractivity contribution in [3.8, 4) is 11.1 Å². The topological polar surface area (TPSA) is 92.4 Å². The molecule has 2 aromatic carbocycles. The number of nitrogens with zero attached hydrogens (tertiary/aromatic N) is 4. The molecule has 1 aliphatic rings. The number of halogens is 4. The number of carbonyl (C=O) groups is 2. The average Bonchev–Trinajstić information content (AvgIpc) is 2.86. The zero-order chi connectivity index (χ0) is 25.4. The Morgan fingerprint density at radius 3 is 2.60 bits per heavy atom. The molecule has 1 fully saturated rings. The van der Waals surface area contributed by atoms with E-state index >= 15 is 0 Å². The quantitative estimate of drug-likeness (QED) is 0.421. The van der Waals surface area contributed by atoms with E-state index in [4.69, 9.17) is 17.3 Å². The molecule has 0 bridgehead atoms. The van der Waals surface area contributed by atoms with Gasteiger partial charge in [-0.25, -0.2) is 9.97 Å². The number of fused-ring (bicyclic) bond motifs is 1. The fourth-order valence-corrected chi connectivity index (χ4v) is 4.63. The lowest BCUT2D eigenvalue weighted by molar-refractivity contribution is -0.138. The maximum Gasteiger partial charge on any atom is 0.417 e. The summed E-state index contributed by atoms with van der Waals surface area (Å²) >= 11 is 6.48. The number of aromatic nitrogens is 2. The van der Waals surface area contributed by atoms with Crippen LogP contribution in [0.5, 0.6) is 0 Å². The van der Waals surface area contributed by atoms with Gasteiger partial charge < -0.3 is 20.3 Å². The molecule has 1 amide bonds. The van der Waals surface area contributed by atoms with E-state index in [0.29, 0.717) is 29.6 Å². The van der Waals surface area contributed by atoms with Crippen molar-refractivity contribution in [1.82, 2.24) is 14.9 Å². The van der Waals surface area contributed by atoms with Crippen LogP contribution in [-0.2, 0) is 15.8 Å². The predicted molar refractivity (Wildman–Crippen MR) is 127 cm³/mol. The minimum atomic E-state index is -4.56. The van der Waals surface area contributed by atoms with Crippen molar-refractivity contribution in [2.24, 2.45) is 5.73 Å². The van der Waals surface area contributed by atoms with Crippen molar-refractivity contribution in [3.05, 3.63) is 66.0 Å². The lowest BCUT2D eigenvalue weighted by Gasteiger charge is -2.47. The van der Waals surface area contributed by atoms with Crippen LogP contribution in [0.3, 0.4) is 0 Å². The van der Waals surface area contributed by atoms with E-state index < -0.39 is 23.2 Å². The maximum atomic E-state index is 13.6. The maximum absolute atomic E-state index is 13.6. The molecule has 1 aliphatic heterocycles. The largest absolute Gasteiger partial charge is 0.417 e. The summed E-state index contributed by atoms with van der Waals surface area (Å²) in [6.45, 7) is 3.96. The molecule has 2 N–H and O–H groups in total. The molecule has 0 spiro atoms. The fraction of sp³-hybridized carbons (Fsp3) is 0.250. The van der Waals surface area contributed by atoms with Gasteiger partial charge in [-0.05, 0) is 29.8 Å². The lowest BCUT2D eigenvalue weighted by Crippen LogP contribution is -2.68. The van der Waals surface area contributed by atoms with E-state index in [1.54, 1.807) is 4.90 Å². The van der Waals surface area contributed by atoms with Gasteiger partial charge in [0.05, 0.1) is 17.6 Å². The van der Waals surface area contributed by atoms with E-state index in [1.165, 1.54) is 41.6 Å². The molecule has 1 unspecified atom stereocenters. The number of anilines is 1. The van der Waals surface area contributed by atoms with Crippen molar-refractivity contribution >= 4 is 40.5 Å². The van der Waals surface area contributed by atoms with Gasteiger partial charge in [-0.1, -0.05) is 36.4 Å². The molecule has 0 aliphatic carbocycles. The summed E-state index contributed by atoms with van der Waals surface area (Å²) in [5, 5.41) is 0.581. The molecule has 1 saturated heterocycles. The molecular formula is C24H21ClF3N5O2. The lowest BCUT2D eigenvalue weighted by atomic mass is 9.94. The van der Waals surface area contributed by atoms with Gasteiger partial charge in [-0.15, -0.1) is 0 Å². The highest BCUT2D eigenvalue weighted by Crippen LogP contribution is 2.41. The highest BCUT2D eigenvalue weighted by atomic mass is 35.5. The van der Waals surface area contributed by atoms with Gasteiger partial charge in [-0.2, -0.15) is 13.2 Å². The fourth-order valence-electron chi connectivity index (χ4n) is 4.37. The first-order valence-electron chi connectivity index (χ1n) is 10.6. The van der Waals surface area contributed by atoms with Crippen LogP contribution in [0.25, 0.3) is 22.0 Å². The zero-order valence-electron chi connectivity index (χ0n) is 18.4. The molecule has 1 aromatic heterocycles. The van der Waals surface area contributed by atoms with E-state index in [9.17, 15) is 22.8 Å². The van der Waals surface area contributed by atoms with Crippen LogP contribution in [0, 0.1) is 0 Å². The third kappa shape index (κ3) is 4.35. The summed E-state index contributed by atoms with van der Waals surface area (Å²) in [4.78, 5) is 36.2. The normalized spacial score (nSPS) is 18.5. The average molecular weight is 504 g/mol. The standard InChI is InChI=1S/C24H21ClF3N5O2/c1-2-21(35)33-8-7-32(12-23(33,11-29)13-34)22-17-9-19(25)16(10-20(17)30-14-31-22)15-5-3-4-6-18(15)24(26,27)28/h2-6,9-10,13-14H,1,7-8,11-12,29H2. The van der Waals surface area contributed by atoms with Gasteiger partial charge in [0, 0.05) is 35.6 Å². The van der Waals surface area contributed by atoms with Crippen LogP contribution in [0.4, 0.5) is 19.0 Å². The second-order valence-electron chi connectivity index (χ2n) is 8.13. The van der Waals surface area contributed by atoms with Crippen molar-refractivity contribution < 1.29 is 22.8 Å². The second-order valence-corrected chi connectivity index (χ2v) is 8.54. The number of benzene rings is 2. The second kappa shape index (κ2) is 9.27. The van der Waals surface area contributed by atoms with Crippen molar-refractivity contribution in [3.63, 3.8) is 0 Å². The van der Waals surface area contributed by atoms with Gasteiger partial charge in [-0.3, -0.25) is 4.79 Å². The summed E-state index contributed by atoms with van der Waals surface area (Å²) in [5.74, 6) is 0.0173. The highest BCUT2D eigenvalue weighted by Gasteiger charge is 2.43. The van der Waals surface area contributed by atoms with Gasteiger partial charge >= 0.3 is 6.18 Å². The first-order chi connectivity index (χ1) is 16.6. The molecule has 2 heterocycles. The van der Waals surface area contributed by atoms with Crippen LogP contribution < -0.4 is 10.6 Å². The SMILES string of the molecule is C=CC(=O)N1CCN(c2ncnc3cc(-c4ccccc4C(F)(F)F)c(Cl)cc23)CC1(C=O)CN. The van der Waals surface area contributed by atoms with Crippen LogP contribution >= 0.6 is 11.6 Å². The zero-order valence-corrected chi connectivity index (χ0v) is 19.2. The van der Waals surface area contributed by atoms with Crippen LogP contribution in [-0.4, -0.2) is 58.8 Å². The number of amides is 1. The first kappa shape index (κ1) is 24.6. The minimum Gasteiger partial charge on any atom is -0.351 e. The first-order valence-corrected chi connectivity index (χ1v) is 11.0. The Bertz CT molecular complexity index is 1320. The predicted octanol–water partition coefficient (Wildman–Crippen LogP) is 3.70. The summed E-state index contributed by atoms with van der Waals surface area (Å²) in [6.07, 6.45) is -1.50. The smallest absolute Gasteiger partial charge is 0.351 e. The summed E-state index contributed by atoms with van der Waals surface area (Å²) < 4.78 is 40.8. The molecule has 1 atom stereocenters. The van der Waals surface area contributed by atoms with Gasteiger partial charge in [0.1, 0.15) is 24.0 Å². The third-order valence-electron chi connectivity index (χ3n) is 6.13. The Labute approximate surface area is 204 Å². The number of carbonyl (C=O) groups excluding carboxylic acids is 2. The molecular weight excluding hydrogens is 483 g/mol.